The van der Waals surface area contributed by atoms with Crippen molar-refractivity contribution in [1.29, 1.82) is 0 Å². The fraction of sp³-hybridized carbons (Fsp3) is 0.462. The van der Waals surface area contributed by atoms with Crippen LogP contribution in [0.4, 0.5) is 0 Å². The molecule has 0 aromatic carbocycles. The zero-order chi connectivity index (χ0) is 13.1. The minimum Gasteiger partial charge on any atom is -0.484 e. The van der Waals surface area contributed by atoms with E-state index in [9.17, 15) is 0 Å². The highest BCUT2D eigenvalue weighted by Gasteiger charge is 2.21. The van der Waals surface area contributed by atoms with Crippen LogP contribution < -0.4 is 10.1 Å². The molecule has 3 rings (SSSR count). The summed E-state index contributed by atoms with van der Waals surface area (Å²) in [5.41, 5.74) is 1.91. The lowest BCUT2D eigenvalue weighted by atomic mass is 10.3. The van der Waals surface area contributed by atoms with Crippen LogP contribution in [0.2, 0.25) is 0 Å². The van der Waals surface area contributed by atoms with Gasteiger partial charge in [0.2, 0.25) is 12.2 Å². The van der Waals surface area contributed by atoms with Gasteiger partial charge in [0.1, 0.15) is 5.75 Å². The van der Waals surface area contributed by atoms with Crippen molar-refractivity contribution in [3.05, 3.63) is 35.7 Å². The molecule has 1 aliphatic rings. The fourth-order valence-electron chi connectivity index (χ4n) is 1.78. The van der Waals surface area contributed by atoms with E-state index in [0.717, 1.165) is 23.7 Å². The number of aryl methyl sites for hydroxylation is 1. The summed E-state index contributed by atoms with van der Waals surface area (Å²) < 4.78 is 10.4. The third-order valence-corrected chi connectivity index (χ3v) is 2.97. The molecule has 0 saturated heterocycles. The molecule has 6 heteroatoms. The van der Waals surface area contributed by atoms with Crippen molar-refractivity contribution in [1.82, 2.24) is 20.4 Å². The van der Waals surface area contributed by atoms with Crippen LogP contribution in [-0.4, -0.2) is 21.2 Å². The van der Waals surface area contributed by atoms with Crippen molar-refractivity contribution in [2.24, 2.45) is 0 Å². The number of ether oxygens (including phenoxy) is 1. The number of rotatable bonds is 6. The first-order valence-corrected chi connectivity index (χ1v) is 6.39. The first kappa shape index (κ1) is 12.1. The highest BCUT2D eigenvalue weighted by atomic mass is 16.5. The highest BCUT2D eigenvalue weighted by Crippen LogP contribution is 2.22. The highest BCUT2D eigenvalue weighted by molar-refractivity contribution is 5.29. The van der Waals surface area contributed by atoms with Crippen LogP contribution in [0.3, 0.4) is 0 Å². The Balaban J connectivity index is 1.67. The van der Waals surface area contributed by atoms with Gasteiger partial charge >= 0.3 is 0 Å². The predicted octanol–water partition coefficient (Wildman–Crippen LogP) is 1.60. The molecule has 19 heavy (non-hydrogen) atoms. The Labute approximate surface area is 111 Å². The molecule has 100 valence electrons. The SMILES string of the molecule is Cc1ccc(OCc2ncon2)c(CNC2CC2)n1. The largest absolute Gasteiger partial charge is 0.484 e. The van der Waals surface area contributed by atoms with E-state index in [1.807, 2.05) is 19.1 Å². The Morgan fingerprint density at radius 2 is 2.32 bits per heavy atom. The zero-order valence-corrected chi connectivity index (χ0v) is 10.8. The van der Waals surface area contributed by atoms with Gasteiger partial charge in [0.25, 0.3) is 0 Å². The summed E-state index contributed by atoms with van der Waals surface area (Å²) in [4.78, 5) is 8.44. The summed E-state index contributed by atoms with van der Waals surface area (Å²) in [6.45, 7) is 3.00. The smallest absolute Gasteiger partial charge is 0.213 e. The quantitative estimate of drug-likeness (QED) is 0.850. The molecule has 1 N–H and O–H groups in total. The molecule has 0 aliphatic heterocycles. The van der Waals surface area contributed by atoms with Crippen molar-refractivity contribution in [2.75, 3.05) is 0 Å². The van der Waals surface area contributed by atoms with E-state index >= 15 is 0 Å². The summed E-state index contributed by atoms with van der Waals surface area (Å²) in [6, 6.07) is 4.52. The molecule has 6 nitrogen and oxygen atoms in total. The van der Waals surface area contributed by atoms with Crippen LogP contribution in [0.1, 0.15) is 30.1 Å². The molecule has 0 atom stereocenters. The van der Waals surface area contributed by atoms with Gasteiger partial charge in [0.15, 0.2) is 6.61 Å². The van der Waals surface area contributed by atoms with Gasteiger partial charge in [0.05, 0.1) is 5.69 Å². The van der Waals surface area contributed by atoms with Crippen LogP contribution in [0.15, 0.2) is 23.0 Å². The average molecular weight is 260 g/mol. The van der Waals surface area contributed by atoms with Gasteiger partial charge in [-0.25, -0.2) is 0 Å². The Morgan fingerprint density at radius 3 is 3.05 bits per heavy atom. The molecule has 0 unspecified atom stereocenters. The fourth-order valence-corrected chi connectivity index (χ4v) is 1.78. The molecule has 2 heterocycles. The molecule has 0 radical (unpaired) electrons. The Bertz CT molecular complexity index is 538. The number of nitrogens with zero attached hydrogens (tertiary/aromatic N) is 3. The average Bonchev–Trinajstić information content (AvgIpc) is 3.10. The van der Waals surface area contributed by atoms with Gasteiger partial charge < -0.3 is 14.6 Å². The maximum Gasteiger partial charge on any atom is 0.213 e. The molecule has 1 saturated carbocycles. The van der Waals surface area contributed by atoms with Crippen molar-refractivity contribution in [3.8, 4) is 5.75 Å². The van der Waals surface area contributed by atoms with Crippen molar-refractivity contribution >= 4 is 0 Å². The van der Waals surface area contributed by atoms with Crippen LogP contribution in [0.25, 0.3) is 0 Å². The second-order valence-corrected chi connectivity index (χ2v) is 4.69. The second kappa shape index (κ2) is 5.36. The molecular weight excluding hydrogens is 244 g/mol. The Morgan fingerprint density at radius 1 is 1.42 bits per heavy atom. The predicted molar refractivity (Wildman–Crippen MR) is 67.5 cm³/mol. The van der Waals surface area contributed by atoms with E-state index in [1.165, 1.54) is 19.2 Å². The minimum absolute atomic E-state index is 0.289. The van der Waals surface area contributed by atoms with Crippen molar-refractivity contribution in [2.45, 2.75) is 39.0 Å². The topological polar surface area (TPSA) is 73.1 Å². The first-order chi connectivity index (χ1) is 9.31. The Kier molecular flexibility index (Phi) is 3.41. The van der Waals surface area contributed by atoms with Crippen LogP contribution in [0, 0.1) is 6.92 Å². The lowest BCUT2D eigenvalue weighted by Crippen LogP contribution is -2.17. The van der Waals surface area contributed by atoms with E-state index in [2.05, 4.69) is 25.0 Å². The van der Waals surface area contributed by atoms with Crippen molar-refractivity contribution < 1.29 is 9.26 Å². The number of aromatic nitrogens is 3. The molecule has 2 aromatic rings. The normalized spacial score (nSPS) is 14.6. The van der Waals surface area contributed by atoms with Gasteiger partial charge in [-0.3, -0.25) is 4.98 Å². The van der Waals surface area contributed by atoms with Crippen LogP contribution in [-0.2, 0) is 13.2 Å². The zero-order valence-electron chi connectivity index (χ0n) is 10.8. The summed E-state index contributed by atoms with van der Waals surface area (Å²) >= 11 is 0. The van der Waals surface area contributed by atoms with Gasteiger partial charge in [-0.05, 0) is 31.9 Å². The van der Waals surface area contributed by atoms with Gasteiger partial charge in [-0.1, -0.05) is 5.16 Å². The molecular formula is C13H16N4O2. The minimum atomic E-state index is 0.289. The lowest BCUT2D eigenvalue weighted by Gasteiger charge is -2.10. The first-order valence-electron chi connectivity index (χ1n) is 6.39. The van der Waals surface area contributed by atoms with E-state index < -0.39 is 0 Å². The van der Waals surface area contributed by atoms with Gasteiger partial charge in [-0.15, -0.1) is 0 Å². The van der Waals surface area contributed by atoms with Crippen LogP contribution >= 0.6 is 0 Å². The Hall–Kier alpha value is -1.95. The second-order valence-electron chi connectivity index (χ2n) is 4.69. The van der Waals surface area contributed by atoms with E-state index in [4.69, 9.17) is 4.74 Å². The number of nitrogens with one attached hydrogen (secondary N) is 1. The summed E-state index contributed by atoms with van der Waals surface area (Å²) in [6.07, 6.45) is 3.80. The molecule has 2 aromatic heterocycles. The lowest BCUT2D eigenvalue weighted by molar-refractivity contribution is 0.281. The summed E-state index contributed by atoms with van der Waals surface area (Å²) in [5, 5.41) is 7.16. The van der Waals surface area contributed by atoms with Crippen LogP contribution in [0.5, 0.6) is 5.75 Å². The number of hydrogen-bond acceptors (Lipinski definition) is 6. The third-order valence-electron chi connectivity index (χ3n) is 2.97. The number of pyridine rings is 1. The van der Waals surface area contributed by atoms with Gasteiger partial charge in [0, 0.05) is 18.3 Å². The third kappa shape index (κ3) is 3.29. The van der Waals surface area contributed by atoms with E-state index in [-0.39, 0.29) is 6.61 Å². The molecule has 1 fully saturated rings. The maximum absolute atomic E-state index is 5.70. The number of hydrogen-bond donors (Lipinski definition) is 1. The standard InChI is InChI=1S/C13H16N4O2/c1-9-2-5-12(18-7-13-15-8-19-17-13)11(16-9)6-14-10-3-4-10/h2,5,8,10,14H,3-4,6-7H2,1H3. The molecule has 1 aliphatic carbocycles. The molecule has 0 bridgehead atoms. The van der Waals surface area contributed by atoms with Crippen molar-refractivity contribution in [3.63, 3.8) is 0 Å². The summed E-state index contributed by atoms with van der Waals surface area (Å²) in [5.74, 6) is 1.30. The van der Waals surface area contributed by atoms with Gasteiger partial charge in [-0.2, -0.15) is 4.98 Å². The summed E-state index contributed by atoms with van der Waals surface area (Å²) in [7, 11) is 0. The van der Waals surface area contributed by atoms with E-state index in [1.54, 1.807) is 0 Å². The van der Waals surface area contributed by atoms with E-state index in [0.29, 0.717) is 11.9 Å². The molecule has 0 spiro atoms. The monoisotopic (exact) mass is 260 g/mol. The maximum atomic E-state index is 5.70. The molecule has 0 amide bonds.